The predicted octanol–water partition coefficient (Wildman–Crippen LogP) is -1.62. The highest BCUT2D eigenvalue weighted by atomic mass is 16.5. The summed E-state index contributed by atoms with van der Waals surface area (Å²) in [6, 6.07) is 0. The van der Waals surface area contributed by atoms with E-state index in [1.54, 1.807) is 0 Å². The number of primary amides is 1. The number of rotatable bonds is 4. The Labute approximate surface area is 119 Å². The molecule has 2 rings (SSSR count). The molecule has 0 bridgehead atoms. The van der Waals surface area contributed by atoms with Crippen LogP contribution in [0.5, 0.6) is 0 Å². The average molecular weight is 284 g/mol. The van der Waals surface area contributed by atoms with Crippen molar-refractivity contribution >= 4 is 11.8 Å². The van der Waals surface area contributed by atoms with E-state index in [4.69, 9.17) is 10.5 Å². The molecule has 0 aromatic carbocycles. The maximum atomic E-state index is 12.1. The van der Waals surface area contributed by atoms with Crippen molar-refractivity contribution in [3.63, 3.8) is 0 Å². The minimum Gasteiger partial charge on any atom is -0.367 e. The molecule has 0 aromatic rings. The molecule has 2 aliphatic rings. The molecule has 0 aliphatic carbocycles. The predicted molar refractivity (Wildman–Crippen MR) is 74.0 cm³/mol. The normalized spacial score (nSPS) is 28.4. The number of amides is 2. The molecule has 7 heteroatoms. The molecule has 2 aliphatic heterocycles. The van der Waals surface area contributed by atoms with Gasteiger partial charge in [-0.05, 0) is 6.92 Å². The molecule has 20 heavy (non-hydrogen) atoms. The van der Waals surface area contributed by atoms with E-state index in [9.17, 15) is 9.59 Å². The number of carbonyl (C=O) groups excluding carboxylic acids is 2. The molecule has 2 fully saturated rings. The van der Waals surface area contributed by atoms with E-state index in [0.29, 0.717) is 19.5 Å². The van der Waals surface area contributed by atoms with Crippen LogP contribution in [0.4, 0.5) is 0 Å². The van der Waals surface area contributed by atoms with Gasteiger partial charge in [-0.1, -0.05) is 0 Å². The highest BCUT2D eigenvalue weighted by Crippen LogP contribution is 2.11. The Bertz CT molecular complexity index is 358. The number of hydrogen-bond acceptors (Lipinski definition) is 5. The zero-order chi connectivity index (χ0) is 14.5. The second-order valence-electron chi connectivity index (χ2n) is 5.48. The molecule has 0 spiro atoms. The summed E-state index contributed by atoms with van der Waals surface area (Å²) >= 11 is 0. The zero-order valence-electron chi connectivity index (χ0n) is 12.0. The third kappa shape index (κ3) is 4.16. The van der Waals surface area contributed by atoms with Crippen molar-refractivity contribution in [1.82, 2.24) is 15.1 Å². The molecule has 2 amide bonds. The fourth-order valence-corrected chi connectivity index (χ4v) is 2.70. The minimum absolute atomic E-state index is 0.0319. The summed E-state index contributed by atoms with van der Waals surface area (Å²) in [7, 11) is 0. The van der Waals surface area contributed by atoms with E-state index in [1.807, 2.05) is 11.8 Å². The lowest BCUT2D eigenvalue weighted by Crippen LogP contribution is -2.52. The first-order valence-corrected chi connectivity index (χ1v) is 7.22. The molecule has 7 nitrogen and oxygen atoms in total. The Hall–Kier alpha value is -1.18. The van der Waals surface area contributed by atoms with Crippen molar-refractivity contribution in [2.24, 2.45) is 5.73 Å². The SMILES string of the molecule is C[C@@H]1CN(CCC(=O)N2CCNCC2)CC(C(N)=O)O1. The molecule has 3 N–H and O–H groups in total. The molecule has 114 valence electrons. The van der Waals surface area contributed by atoms with E-state index in [0.717, 1.165) is 32.7 Å². The van der Waals surface area contributed by atoms with Crippen molar-refractivity contribution in [2.45, 2.75) is 25.6 Å². The third-order valence-corrected chi connectivity index (χ3v) is 3.76. The van der Waals surface area contributed by atoms with Crippen LogP contribution in [0.3, 0.4) is 0 Å². The van der Waals surface area contributed by atoms with Crippen LogP contribution in [0.2, 0.25) is 0 Å². The number of hydrogen-bond donors (Lipinski definition) is 2. The van der Waals surface area contributed by atoms with Gasteiger partial charge in [0.05, 0.1) is 6.10 Å². The van der Waals surface area contributed by atoms with E-state index in [-0.39, 0.29) is 12.0 Å². The minimum atomic E-state index is -0.562. The Morgan fingerprint density at radius 2 is 2.00 bits per heavy atom. The lowest BCUT2D eigenvalue weighted by atomic mass is 10.2. The first-order valence-electron chi connectivity index (χ1n) is 7.22. The summed E-state index contributed by atoms with van der Waals surface area (Å²) in [6.07, 6.45) is -0.110. The number of ether oxygens (including phenoxy) is 1. The van der Waals surface area contributed by atoms with Crippen LogP contribution in [0.15, 0.2) is 0 Å². The van der Waals surface area contributed by atoms with Crippen LogP contribution in [-0.2, 0) is 14.3 Å². The fourth-order valence-electron chi connectivity index (χ4n) is 2.70. The van der Waals surface area contributed by atoms with Gasteiger partial charge < -0.3 is 20.7 Å². The standard InChI is InChI=1S/C13H24N4O3/c1-10-8-16(9-11(20-10)13(14)19)5-2-12(18)17-6-3-15-4-7-17/h10-11,15H,2-9H2,1H3,(H2,14,19)/t10-,11?/m1/s1. The van der Waals surface area contributed by atoms with Gasteiger partial charge in [0.1, 0.15) is 6.10 Å². The number of piperazine rings is 1. The zero-order valence-corrected chi connectivity index (χ0v) is 12.0. The summed E-state index contributed by atoms with van der Waals surface area (Å²) in [6.45, 7) is 7.08. The first-order chi connectivity index (χ1) is 9.56. The molecule has 0 aromatic heterocycles. The lowest BCUT2D eigenvalue weighted by Gasteiger charge is -2.35. The Kier molecular flexibility index (Phi) is 5.33. The van der Waals surface area contributed by atoms with Crippen LogP contribution in [0.1, 0.15) is 13.3 Å². The van der Waals surface area contributed by atoms with Crippen molar-refractivity contribution < 1.29 is 14.3 Å². The van der Waals surface area contributed by atoms with Crippen molar-refractivity contribution in [1.29, 1.82) is 0 Å². The summed E-state index contributed by atoms with van der Waals surface area (Å²) in [5, 5.41) is 3.23. The summed E-state index contributed by atoms with van der Waals surface area (Å²) in [5.41, 5.74) is 5.29. The maximum Gasteiger partial charge on any atom is 0.247 e. The monoisotopic (exact) mass is 284 g/mol. The van der Waals surface area contributed by atoms with Gasteiger partial charge in [0.15, 0.2) is 0 Å². The van der Waals surface area contributed by atoms with Gasteiger partial charge in [0, 0.05) is 52.2 Å². The van der Waals surface area contributed by atoms with Gasteiger partial charge in [0.25, 0.3) is 0 Å². The third-order valence-electron chi connectivity index (χ3n) is 3.76. The largest absolute Gasteiger partial charge is 0.367 e. The van der Waals surface area contributed by atoms with Crippen LogP contribution < -0.4 is 11.1 Å². The fraction of sp³-hybridized carbons (Fsp3) is 0.846. The molecule has 2 saturated heterocycles. The second-order valence-corrected chi connectivity index (χ2v) is 5.48. The van der Waals surface area contributed by atoms with Gasteiger partial charge in [0.2, 0.25) is 11.8 Å². The van der Waals surface area contributed by atoms with Crippen LogP contribution >= 0.6 is 0 Å². The number of carbonyl (C=O) groups is 2. The number of morpholine rings is 1. The molecular weight excluding hydrogens is 260 g/mol. The Morgan fingerprint density at radius 1 is 1.30 bits per heavy atom. The van der Waals surface area contributed by atoms with Gasteiger partial charge >= 0.3 is 0 Å². The highest BCUT2D eigenvalue weighted by Gasteiger charge is 2.29. The van der Waals surface area contributed by atoms with Gasteiger partial charge in [-0.15, -0.1) is 0 Å². The Morgan fingerprint density at radius 3 is 2.65 bits per heavy atom. The molecule has 1 unspecified atom stereocenters. The van der Waals surface area contributed by atoms with Crippen molar-refractivity contribution in [3.05, 3.63) is 0 Å². The van der Waals surface area contributed by atoms with E-state index >= 15 is 0 Å². The molecule has 2 atom stereocenters. The van der Waals surface area contributed by atoms with E-state index in [1.165, 1.54) is 0 Å². The van der Waals surface area contributed by atoms with Crippen LogP contribution in [-0.4, -0.2) is 79.6 Å². The average Bonchev–Trinajstić information content (AvgIpc) is 2.45. The molecule has 2 heterocycles. The van der Waals surface area contributed by atoms with Gasteiger partial charge in [-0.3, -0.25) is 14.5 Å². The summed E-state index contributed by atoms with van der Waals surface area (Å²) < 4.78 is 5.48. The summed E-state index contributed by atoms with van der Waals surface area (Å²) in [4.78, 5) is 27.3. The summed E-state index contributed by atoms with van der Waals surface area (Å²) in [5.74, 6) is -0.253. The van der Waals surface area contributed by atoms with Crippen molar-refractivity contribution in [3.8, 4) is 0 Å². The first kappa shape index (κ1) is 15.2. The highest BCUT2D eigenvalue weighted by molar-refractivity contribution is 5.79. The Balaban J connectivity index is 1.77. The van der Waals surface area contributed by atoms with E-state index in [2.05, 4.69) is 10.2 Å². The quantitative estimate of drug-likeness (QED) is 0.648. The van der Waals surface area contributed by atoms with Crippen LogP contribution in [0, 0.1) is 0 Å². The van der Waals surface area contributed by atoms with Crippen molar-refractivity contribution in [2.75, 3.05) is 45.8 Å². The molecule has 0 saturated carbocycles. The molecular formula is C13H24N4O3. The number of nitrogens with one attached hydrogen (secondary N) is 1. The van der Waals surface area contributed by atoms with Gasteiger partial charge in [-0.25, -0.2) is 0 Å². The number of nitrogens with two attached hydrogens (primary N) is 1. The molecule has 0 radical (unpaired) electrons. The lowest BCUT2D eigenvalue weighted by molar-refractivity contribution is -0.143. The van der Waals surface area contributed by atoms with E-state index < -0.39 is 12.0 Å². The smallest absolute Gasteiger partial charge is 0.247 e. The maximum absolute atomic E-state index is 12.1. The topological polar surface area (TPSA) is 87.9 Å². The second kappa shape index (κ2) is 7.01. The van der Waals surface area contributed by atoms with Gasteiger partial charge in [-0.2, -0.15) is 0 Å². The number of nitrogens with zero attached hydrogens (tertiary/aromatic N) is 2. The van der Waals surface area contributed by atoms with Crippen LogP contribution in [0.25, 0.3) is 0 Å².